The van der Waals surface area contributed by atoms with E-state index in [0.717, 1.165) is 37.4 Å². The Hall–Kier alpha value is -2.21. The normalized spacial score (nSPS) is 16.9. The summed E-state index contributed by atoms with van der Waals surface area (Å²) < 4.78 is 1.79. The van der Waals surface area contributed by atoms with Gasteiger partial charge in [-0.1, -0.05) is 32.0 Å². The lowest BCUT2D eigenvalue weighted by molar-refractivity contribution is 0.0668. The summed E-state index contributed by atoms with van der Waals surface area (Å²) in [4.78, 5) is 19.2. The zero-order chi connectivity index (χ0) is 18.8. The maximum absolute atomic E-state index is 12.8. The lowest BCUT2D eigenvalue weighted by Crippen LogP contribution is -2.42. The van der Waals surface area contributed by atoms with Gasteiger partial charge in [-0.25, -0.2) is 9.67 Å². The molecule has 0 spiro atoms. The van der Waals surface area contributed by atoms with Gasteiger partial charge >= 0.3 is 0 Å². The van der Waals surface area contributed by atoms with E-state index in [1.165, 1.54) is 5.56 Å². The van der Waals surface area contributed by atoms with E-state index in [9.17, 15) is 4.79 Å². The van der Waals surface area contributed by atoms with Crippen molar-refractivity contribution in [2.75, 3.05) is 13.1 Å². The fourth-order valence-electron chi connectivity index (χ4n) is 3.65. The standard InChI is InChI=1S/C20H29N5O/c1-13(2)17-7-5-6-8-18(17)25-15(4)22-19(23-25)20(26)24-11-9-16(10-12-24)14(3)21/h5-8,13-14,16H,9-12,21H2,1-4H3. The van der Waals surface area contributed by atoms with Crippen LogP contribution in [0.4, 0.5) is 0 Å². The highest BCUT2D eigenvalue weighted by atomic mass is 16.2. The molecule has 2 aromatic rings. The summed E-state index contributed by atoms with van der Waals surface area (Å²) in [7, 11) is 0. The lowest BCUT2D eigenvalue weighted by Gasteiger charge is -2.33. The van der Waals surface area contributed by atoms with E-state index in [1.54, 1.807) is 4.68 Å². The number of hydrogen-bond acceptors (Lipinski definition) is 4. The first-order valence-corrected chi connectivity index (χ1v) is 9.46. The minimum absolute atomic E-state index is 0.0861. The molecule has 1 amide bonds. The largest absolute Gasteiger partial charge is 0.336 e. The van der Waals surface area contributed by atoms with E-state index in [1.807, 2.05) is 36.9 Å². The fourth-order valence-corrected chi connectivity index (χ4v) is 3.65. The van der Waals surface area contributed by atoms with E-state index in [4.69, 9.17) is 5.73 Å². The summed E-state index contributed by atoms with van der Waals surface area (Å²) in [6, 6.07) is 8.32. The highest BCUT2D eigenvalue weighted by Crippen LogP contribution is 2.24. The quantitative estimate of drug-likeness (QED) is 0.915. The average Bonchev–Trinajstić information content (AvgIpc) is 3.02. The summed E-state index contributed by atoms with van der Waals surface area (Å²) >= 11 is 0. The van der Waals surface area contributed by atoms with Crippen molar-refractivity contribution in [3.63, 3.8) is 0 Å². The summed E-state index contributed by atoms with van der Waals surface area (Å²) in [6.45, 7) is 9.69. The number of rotatable bonds is 4. The molecule has 140 valence electrons. The van der Waals surface area contributed by atoms with Crippen molar-refractivity contribution >= 4 is 5.91 Å². The third kappa shape index (κ3) is 3.65. The molecule has 2 heterocycles. The van der Waals surface area contributed by atoms with E-state index >= 15 is 0 Å². The molecule has 1 saturated heterocycles. The second-order valence-electron chi connectivity index (χ2n) is 7.60. The molecule has 0 bridgehead atoms. The van der Waals surface area contributed by atoms with Crippen LogP contribution in [-0.2, 0) is 0 Å². The summed E-state index contributed by atoms with van der Waals surface area (Å²) in [5, 5.41) is 4.54. The fraction of sp³-hybridized carbons (Fsp3) is 0.550. The molecular weight excluding hydrogens is 326 g/mol. The minimum atomic E-state index is -0.0861. The topological polar surface area (TPSA) is 77.0 Å². The predicted octanol–water partition coefficient (Wildman–Crippen LogP) is 2.90. The van der Waals surface area contributed by atoms with Gasteiger partial charge in [0.05, 0.1) is 5.69 Å². The number of para-hydroxylation sites is 1. The van der Waals surface area contributed by atoms with Gasteiger partial charge in [0.1, 0.15) is 5.82 Å². The van der Waals surface area contributed by atoms with Gasteiger partial charge in [0.2, 0.25) is 5.82 Å². The van der Waals surface area contributed by atoms with Crippen LogP contribution >= 0.6 is 0 Å². The zero-order valence-electron chi connectivity index (χ0n) is 16.1. The third-order valence-electron chi connectivity index (χ3n) is 5.32. The Bertz CT molecular complexity index is 772. The maximum Gasteiger partial charge on any atom is 0.293 e. The first-order valence-electron chi connectivity index (χ1n) is 9.46. The van der Waals surface area contributed by atoms with Crippen molar-refractivity contribution in [1.29, 1.82) is 0 Å². The Morgan fingerprint density at radius 3 is 2.46 bits per heavy atom. The number of nitrogens with zero attached hydrogens (tertiary/aromatic N) is 4. The molecule has 1 fully saturated rings. The summed E-state index contributed by atoms with van der Waals surface area (Å²) in [5.41, 5.74) is 8.17. The van der Waals surface area contributed by atoms with Crippen LogP contribution in [0.15, 0.2) is 24.3 Å². The van der Waals surface area contributed by atoms with Crippen LogP contribution in [0.3, 0.4) is 0 Å². The number of hydrogen-bond donors (Lipinski definition) is 1. The van der Waals surface area contributed by atoms with E-state index < -0.39 is 0 Å². The van der Waals surface area contributed by atoms with Gasteiger partial charge < -0.3 is 10.6 Å². The van der Waals surface area contributed by atoms with Crippen LogP contribution in [0.25, 0.3) is 5.69 Å². The molecule has 0 saturated carbocycles. The van der Waals surface area contributed by atoms with Gasteiger partial charge in [0.25, 0.3) is 5.91 Å². The van der Waals surface area contributed by atoms with Crippen LogP contribution in [0.5, 0.6) is 0 Å². The number of carbonyl (C=O) groups excluding carboxylic acids is 1. The second kappa shape index (κ2) is 7.58. The zero-order valence-corrected chi connectivity index (χ0v) is 16.1. The lowest BCUT2D eigenvalue weighted by atomic mass is 9.91. The molecule has 2 N–H and O–H groups in total. The molecule has 1 unspecified atom stereocenters. The highest BCUT2D eigenvalue weighted by molar-refractivity contribution is 5.90. The van der Waals surface area contributed by atoms with E-state index in [-0.39, 0.29) is 17.8 Å². The van der Waals surface area contributed by atoms with Gasteiger partial charge in [-0.05, 0) is 50.2 Å². The van der Waals surface area contributed by atoms with Crippen molar-refractivity contribution in [3.05, 3.63) is 41.5 Å². The Labute approximate surface area is 155 Å². The predicted molar refractivity (Wildman–Crippen MR) is 102 cm³/mol. The third-order valence-corrected chi connectivity index (χ3v) is 5.32. The van der Waals surface area contributed by atoms with Gasteiger partial charge in [-0.2, -0.15) is 0 Å². The number of benzene rings is 1. The van der Waals surface area contributed by atoms with Crippen LogP contribution < -0.4 is 5.73 Å². The SMILES string of the molecule is Cc1nc(C(=O)N2CCC(C(C)N)CC2)nn1-c1ccccc1C(C)C. The summed E-state index contributed by atoms with van der Waals surface area (Å²) in [5.74, 6) is 1.78. The van der Waals surface area contributed by atoms with Crippen molar-refractivity contribution in [1.82, 2.24) is 19.7 Å². The van der Waals surface area contributed by atoms with Gasteiger partial charge in [-0.15, -0.1) is 5.10 Å². The molecule has 1 atom stereocenters. The monoisotopic (exact) mass is 355 g/mol. The molecular formula is C20H29N5O. The molecule has 26 heavy (non-hydrogen) atoms. The molecule has 6 heteroatoms. The maximum atomic E-state index is 12.8. The van der Waals surface area contributed by atoms with Gasteiger partial charge in [0.15, 0.2) is 0 Å². The van der Waals surface area contributed by atoms with Gasteiger partial charge in [0, 0.05) is 19.1 Å². The van der Waals surface area contributed by atoms with Crippen LogP contribution in [0, 0.1) is 12.8 Å². The minimum Gasteiger partial charge on any atom is -0.336 e. The molecule has 1 aromatic carbocycles. The highest BCUT2D eigenvalue weighted by Gasteiger charge is 2.28. The molecule has 1 aliphatic rings. The van der Waals surface area contributed by atoms with Gasteiger partial charge in [-0.3, -0.25) is 4.79 Å². The Morgan fingerprint density at radius 1 is 1.19 bits per heavy atom. The molecule has 1 aliphatic heterocycles. The number of piperidine rings is 1. The summed E-state index contributed by atoms with van der Waals surface area (Å²) in [6.07, 6.45) is 1.89. The van der Waals surface area contributed by atoms with E-state index in [0.29, 0.717) is 11.8 Å². The van der Waals surface area contributed by atoms with E-state index in [2.05, 4.69) is 30.0 Å². The molecule has 0 radical (unpaired) electrons. The Morgan fingerprint density at radius 2 is 1.85 bits per heavy atom. The number of aromatic nitrogens is 3. The Kier molecular flexibility index (Phi) is 5.41. The van der Waals surface area contributed by atoms with Crippen molar-refractivity contribution < 1.29 is 4.79 Å². The van der Waals surface area contributed by atoms with Crippen molar-refractivity contribution in [3.8, 4) is 5.69 Å². The smallest absolute Gasteiger partial charge is 0.293 e. The first-order chi connectivity index (χ1) is 12.4. The average molecular weight is 355 g/mol. The number of likely N-dealkylation sites (tertiary alicyclic amines) is 1. The molecule has 6 nitrogen and oxygen atoms in total. The van der Waals surface area contributed by atoms with Crippen LogP contribution in [0.1, 0.15) is 61.5 Å². The number of aryl methyl sites for hydroxylation is 1. The number of carbonyl (C=O) groups is 1. The molecule has 0 aliphatic carbocycles. The van der Waals surface area contributed by atoms with Crippen LogP contribution in [0.2, 0.25) is 0 Å². The van der Waals surface area contributed by atoms with Crippen molar-refractivity contribution in [2.24, 2.45) is 11.7 Å². The number of nitrogens with two attached hydrogens (primary N) is 1. The van der Waals surface area contributed by atoms with Crippen molar-refractivity contribution in [2.45, 2.75) is 52.5 Å². The second-order valence-corrected chi connectivity index (χ2v) is 7.60. The first kappa shape index (κ1) is 18.6. The Balaban J connectivity index is 1.82. The van der Waals surface area contributed by atoms with Crippen LogP contribution in [-0.4, -0.2) is 44.7 Å². The molecule has 1 aromatic heterocycles. The molecule has 3 rings (SSSR count). The number of amides is 1.